The Morgan fingerprint density at radius 3 is 2.75 bits per heavy atom. The van der Waals surface area contributed by atoms with Crippen LogP contribution in [-0.2, 0) is 4.79 Å². The topological polar surface area (TPSA) is 29.4 Å². The van der Waals surface area contributed by atoms with Crippen molar-refractivity contribution in [3.05, 3.63) is 0 Å². The van der Waals surface area contributed by atoms with Gasteiger partial charge in [-0.15, -0.1) is 0 Å². The molecule has 44 valence electrons. The van der Waals surface area contributed by atoms with E-state index >= 15 is 0 Å². The molecule has 2 nitrogen and oxygen atoms in total. The van der Waals surface area contributed by atoms with Crippen molar-refractivity contribution in [3.63, 3.8) is 0 Å². The Hall–Kier alpha value is -0.660. The molecule has 0 unspecified atom stereocenters. The highest BCUT2D eigenvalue weighted by Gasteiger charge is 2.01. The summed E-state index contributed by atoms with van der Waals surface area (Å²) in [6.45, 7) is 0.855. The minimum absolute atomic E-state index is 0.747. The molecule has 8 heavy (non-hydrogen) atoms. The van der Waals surface area contributed by atoms with Crippen LogP contribution in [0.2, 0.25) is 0 Å². The zero-order valence-corrected chi connectivity index (χ0v) is 4.76. The number of hydrogen-bond donors (Lipinski definition) is 0. The summed E-state index contributed by atoms with van der Waals surface area (Å²) in [4.78, 5) is 14.0. The van der Waals surface area contributed by atoms with E-state index in [-0.39, 0.29) is 0 Å². The summed E-state index contributed by atoms with van der Waals surface area (Å²) in [6.07, 6.45) is 4.04. The molecule has 0 bridgehead atoms. The predicted molar refractivity (Wildman–Crippen MR) is 32.2 cm³/mol. The van der Waals surface area contributed by atoms with Gasteiger partial charge >= 0.3 is 0 Å². The number of carbonyl (C=O) groups excluding carboxylic acids is 1. The lowest BCUT2D eigenvalue weighted by Crippen LogP contribution is -2.06. The van der Waals surface area contributed by atoms with E-state index in [0.29, 0.717) is 0 Å². The highest BCUT2D eigenvalue weighted by molar-refractivity contribution is 6.28. The van der Waals surface area contributed by atoms with E-state index in [2.05, 4.69) is 4.99 Å². The smallest absolute Gasteiger partial charge is 0.163 e. The molecule has 0 fully saturated rings. The maximum atomic E-state index is 10.0. The van der Waals surface area contributed by atoms with Crippen LogP contribution in [-0.4, -0.2) is 18.5 Å². The zero-order chi connectivity index (χ0) is 5.82. The summed E-state index contributed by atoms with van der Waals surface area (Å²) in [6, 6.07) is 0. The van der Waals surface area contributed by atoms with Crippen LogP contribution >= 0.6 is 0 Å². The third-order valence-electron chi connectivity index (χ3n) is 1.29. The van der Waals surface area contributed by atoms with Crippen LogP contribution in [0.1, 0.15) is 19.3 Å². The van der Waals surface area contributed by atoms with Gasteiger partial charge in [-0.25, -0.2) is 0 Å². The Kier molecular flexibility index (Phi) is 1.78. The van der Waals surface area contributed by atoms with Gasteiger partial charge in [0.1, 0.15) is 0 Å². The van der Waals surface area contributed by atoms with Crippen molar-refractivity contribution in [2.45, 2.75) is 19.3 Å². The first-order valence-electron chi connectivity index (χ1n) is 2.92. The van der Waals surface area contributed by atoms with E-state index in [1.54, 1.807) is 0 Å². The quantitative estimate of drug-likeness (QED) is 0.460. The second kappa shape index (κ2) is 2.60. The molecular formula is C6H9NO. The van der Waals surface area contributed by atoms with Gasteiger partial charge in [-0.3, -0.25) is 9.79 Å². The summed E-state index contributed by atoms with van der Waals surface area (Å²) in [5.41, 5.74) is 0.747. The number of rotatable bonds is 1. The van der Waals surface area contributed by atoms with Gasteiger partial charge in [0.15, 0.2) is 6.29 Å². The van der Waals surface area contributed by atoms with Crippen LogP contribution in [0.25, 0.3) is 0 Å². The van der Waals surface area contributed by atoms with Gasteiger partial charge in [-0.05, 0) is 19.3 Å². The van der Waals surface area contributed by atoms with Crippen molar-refractivity contribution in [2.75, 3.05) is 6.54 Å². The molecule has 0 aromatic carbocycles. The molecule has 1 heterocycles. The molecule has 0 N–H and O–H groups in total. The number of hydrogen-bond acceptors (Lipinski definition) is 2. The third-order valence-corrected chi connectivity index (χ3v) is 1.29. The first-order chi connectivity index (χ1) is 3.93. The molecule has 0 aromatic rings. The van der Waals surface area contributed by atoms with Crippen LogP contribution in [0.15, 0.2) is 4.99 Å². The first-order valence-corrected chi connectivity index (χ1v) is 2.92. The minimum atomic E-state index is 0.747. The van der Waals surface area contributed by atoms with Gasteiger partial charge in [-0.2, -0.15) is 0 Å². The average Bonchev–Trinajstić information content (AvgIpc) is 1.90. The van der Waals surface area contributed by atoms with Crippen LogP contribution in [0.5, 0.6) is 0 Å². The molecule has 1 aliphatic heterocycles. The monoisotopic (exact) mass is 111 g/mol. The largest absolute Gasteiger partial charge is 0.297 e. The van der Waals surface area contributed by atoms with Crippen molar-refractivity contribution < 1.29 is 4.79 Å². The lowest BCUT2D eigenvalue weighted by molar-refractivity contribution is -0.102. The molecule has 0 spiro atoms. The van der Waals surface area contributed by atoms with Gasteiger partial charge in [0.2, 0.25) is 0 Å². The Morgan fingerprint density at radius 2 is 2.38 bits per heavy atom. The Balaban J connectivity index is 2.49. The summed E-state index contributed by atoms with van der Waals surface area (Å²) in [7, 11) is 0. The van der Waals surface area contributed by atoms with E-state index in [9.17, 15) is 4.79 Å². The number of aldehydes is 1. The number of nitrogens with zero attached hydrogens (tertiary/aromatic N) is 1. The Morgan fingerprint density at radius 1 is 1.50 bits per heavy atom. The van der Waals surface area contributed by atoms with Crippen LogP contribution in [0, 0.1) is 0 Å². The van der Waals surface area contributed by atoms with Crippen LogP contribution < -0.4 is 0 Å². The fourth-order valence-electron chi connectivity index (χ4n) is 0.816. The molecule has 0 atom stereocenters. The summed E-state index contributed by atoms with van der Waals surface area (Å²) < 4.78 is 0. The van der Waals surface area contributed by atoms with Crippen LogP contribution in [0.4, 0.5) is 0 Å². The van der Waals surface area contributed by atoms with Crippen molar-refractivity contribution in [1.29, 1.82) is 0 Å². The maximum Gasteiger partial charge on any atom is 0.163 e. The normalized spacial score (nSPS) is 19.8. The predicted octanol–water partition coefficient (Wildman–Crippen LogP) is 0.810. The van der Waals surface area contributed by atoms with Crippen molar-refractivity contribution >= 4 is 12.0 Å². The van der Waals surface area contributed by atoms with Gasteiger partial charge < -0.3 is 0 Å². The molecule has 0 amide bonds. The van der Waals surface area contributed by atoms with E-state index < -0.39 is 0 Å². The molecule has 0 aliphatic carbocycles. The van der Waals surface area contributed by atoms with E-state index in [1.807, 2.05) is 0 Å². The third kappa shape index (κ3) is 1.15. The van der Waals surface area contributed by atoms with E-state index in [0.717, 1.165) is 37.8 Å². The maximum absolute atomic E-state index is 10.0. The molecule has 0 saturated carbocycles. The number of aliphatic imine (C=N–C) groups is 1. The minimum Gasteiger partial charge on any atom is -0.297 e. The fourth-order valence-corrected chi connectivity index (χ4v) is 0.816. The number of carbonyl (C=O) groups is 1. The van der Waals surface area contributed by atoms with Crippen molar-refractivity contribution in [2.24, 2.45) is 4.99 Å². The van der Waals surface area contributed by atoms with E-state index in [4.69, 9.17) is 0 Å². The summed E-state index contributed by atoms with van der Waals surface area (Å²) in [5.74, 6) is 0. The highest BCUT2D eigenvalue weighted by Crippen LogP contribution is 2.03. The Labute approximate surface area is 48.6 Å². The zero-order valence-electron chi connectivity index (χ0n) is 4.76. The molecule has 0 saturated heterocycles. The lowest BCUT2D eigenvalue weighted by Gasteiger charge is -2.03. The summed E-state index contributed by atoms with van der Waals surface area (Å²) >= 11 is 0. The van der Waals surface area contributed by atoms with Gasteiger partial charge in [0.05, 0.1) is 5.71 Å². The van der Waals surface area contributed by atoms with Crippen LogP contribution in [0.3, 0.4) is 0 Å². The van der Waals surface area contributed by atoms with Gasteiger partial charge in [-0.1, -0.05) is 0 Å². The lowest BCUT2D eigenvalue weighted by atomic mass is 10.1. The molecule has 1 rings (SSSR count). The van der Waals surface area contributed by atoms with Crippen molar-refractivity contribution in [1.82, 2.24) is 0 Å². The molecule has 0 radical (unpaired) electrons. The first kappa shape index (κ1) is 5.48. The Bertz CT molecular complexity index is 118. The molecule has 0 aromatic heterocycles. The second-order valence-electron chi connectivity index (χ2n) is 1.95. The molecule has 2 heteroatoms. The van der Waals surface area contributed by atoms with E-state index in [1.165, 1.54) is 0 Å². The van der Waals surface area contributed by atoms with Gasteiger partial charge in [0, 0.05) is 6.54 Å². The van der Waals surface area contributed by atoms with Crippen molar-refractivity contribution in [3.8, 4) is 0 Å². The highest BCUT2D eigenvalue weighted by atomic mass is 16.1. The molecular weight excluding hydrogens is 102 g/mol. The summed E-state index contributed by atoms with van der Waals surface area (Å²) in [5, 5.41) is 0. The standard InChI is InChI=1S/C6H9NO/c8-5-6-3-1-2-4-7-6/h5H,1-4H2. The average molecular weight is 111 g/mol. The SMILES string of the molecule is O=CC1=NCCCC1. The fraction of sp³-hybridized carbons (Fsp3) is 0.667. The van der Waals surface area contributed by atoms with Gasteiger partial charge in [0.25, 0.3) is 0 Å². The second-order valence-corrected chi connectivity index (χ2v) is 1.95. The molecule has 1 aliphatic rings.